The van der Waals surface area contributed by atoms with Crippen molar-refractivity contribution in [2.45, 2.75) is 99.6 Å². The number of nitrogens with one attached hydrogen (secondary N) is 7. The summed E-state index contributed by atoms with van der Waals surface area (Å²) in [5, 5.41) is 35.8. The Morgan fingerprint density at radius 2 is 0.746 bits per heavy atom. The summed E-state index contributed by atoms with van der Waals surface area (Å²) in [4.78, 5) is 111. The van der Waals surface area contributed by atoms with Gasteiger partial charge in [0.1, 0.15) is 13.1 Å². The predicted octanol–water partition coefficient (Wildman–Crippen LogP) is 17.8. The van der Waals surface area contributed by atoms with E-state index in [9.17, 15) is 33.6 Å². The molecule has 0 bridgehead atoms. The number of rotatable bonds is 20. The molecule has 10 heterocycles. The molecule has 12 aromatic carbocycles. The zero-order valence-electron chi connectivity index (χ0n) is 80.7. The number of aliphatic imine (C=N–C) groups is 2. The second-order valence-electron chi connectivity index (χ2n) is 39.5. The third-order valence-corrected chi connectivity index (χ3v) is 29.3. The molecule has 24 heteroatoms. The van der Waals surface area contributed by atoms with Crippen LogP contribution in [-0.2, 0) is 35.6 Å². The highest BCUT2D eigenvalue weighted by molar-refractivity contribution is 6.23. The molecule has 14 aromatic rings. The number of hydrogen-bond donors (Lipinski definition) is 7. The van der Waals surface area contributed by atoms with Gasteiger partial charge >= 0.3 is 0 Å². The lowest BCUT2D eigenvalue weighted by molar-refractivity contribution is -0.134. The molecule has 2 saturated carbocycles. The first kappa shape index (κ1) is 93.0. The number of aromatic nitrogens is 4. The van der Waals surface area contributed by atoms with Crippen LogP contribution in [-0.4, -0.2) is 191 Å². The Morgan fingerprint density at radius 3 is 1.23 bits per heavy atom. The fraction of sp³-hybridized carbons (Fsp3) is 0.280. The van der Waals surface area contributed by atoms with Gasteiger partial charge in [0.25, 0.3) is 17.0 Å². The van der Waals surface area contributed by atoms with Crippen LogP contribution in [0.15, 0.2) is 317 Å². The average Bonchev–Trinajstić information content (AvgIpc) is 1.50. The quantitative estimate of drug-likeness (QED) is 0.0373. The zero-order chi connectivity index (χ0) is 97.3. The Morgan fingerprint density at radius 1 is 0.373 bits per heavy atom. The topological polar surface area (TPSA) is 281 Å². The molecule has 2 aliphatic carbocycles. The Bertz CT molecular complexity index is 7350. The van der Waals surface area contributed by atoms with Crippen LogP contribution in [0.5, 0.6) is 0 Å². The minimum atomic E-state index is -0.215. The summed E-state index contributed by atoms with van der Waals surface area (Å²) in [6, 6.07) is 97.3. The van der Waals surface area contributed by atoms with Crippen LogP contribution in [0.2, 0.25) is 0 Å². The van der Waals surface area contributed by atoms with Crippen LogP contribution < -0.4 is 37.7 Å². The Hall–Kier alpha value is -15.4. The number of Topliss-reactive ketones (excluding diaryl/α,β-unsaturated/α-hetero) is 2. The summed E-state index contributed by atoms with van der Waals surface area (Å²) >= 11 is 0. The van der Waals surface area contributed by atoms with Crippen LogP contribution in [0, 0.1) is 11.8 Å². The molecule has 2 saturated heterocycles. The zero-order valence-corrected chi connectivity index (χ0v) is 80.7. The average molecular weight is 1890 g/mol. The van der Waals surface area contributed by atoms with Gasteiger partial charge in [0.15, 0.2) is 11.6 Å². The second kappa shape index (κ2) is 40.5. The third-order valence-electron chi connectivity index (χ3n) is 29.3. The van der Waals surface area contributed by atoms with E-state index in [-0.39, 0.29) is 107 Å². The number of carbonyl (C=O) groups is 5. The number of amides is 3. The van der Waals surface area contributed by atoms with E-state index in [2.05, 4.69) is 266 Å². The Balaban J connectivity index is 0.000000114. The van der Waals surface area contributed by atoms with Gasteiger partial charge in [0, 0.05) is 157 Å². The Labute approximate surface area is 826 Å². The lowest BCUT2D eigenvalue weighted by Gasteiger charge is -2.39. The summed E-state index contributed by atoms with van der Waals surface area (Å²) in [6.07, 6.45) is 4.86. The van der Waals surface area contributed by atoms with Gasteiger partial charge in [0.2, 0.25) is 11.8 Å². The van der Waals surface area contributed by atoms with Crippen LogP contribution >= 0.6 is 0 Å². The van der Waals surface area contributed by atoms with Gasteiger partial charge in [-0.1, -0.05) is 243 Å². The predicted molar refractivity (Wildman–Crippen MR) is 562 cm³/mol. The van der Waals surface area contributed by atoms with Crippen LogP contribution in [0.1, 0.15) is 194 Å². The maximum absolute atomic E-state index is 13.4. The van der Waals surface area contributed by atoms with Gasteiger partial charge < -0.3 is 56.0 Å². The molecule has 0 spiro atoms. The molecule has 8 atom stereocenters. The minimum Gasteiger partial charge on any atom is -0.377 e. The SMILES string of the molecule is C=C(Cc1cccc(C2C3=NCC(=O)c4cccc(c43)NC2c2ccccc2)c1)N1CCN(C(=O)C2CC2)CC1.CN(C)Cc1ccc(C2Nc3cccc4c(=O)[nH]nc(c34)C2c2ccc(C(=O)N3CCN(C(=O)C4CC4)CC3)cc2)cc1.CN(C)Cc1cccc(C2C3=NCC(=O)c4cccc(c43)NC2c2ccccc2)c1.CNCc1cccc(C2Nc3cccc4c(=O)[nH]nc(c34)C2c2ccccc2)c1. The molecule has 10 aliphatic rings. The molecule has 7 N–H and O–H groups in total. The molecule has 142 heavy (non-hydrogen) atoms. The summed E-state index contributed by atoms with van der Waals surface area (Å²) in [5.41, 5.74) is 26.6. The molecule has 24 rings (SSSR count). The maximum Gasteiger partial charge on any atom is 0.272 e. The smallest absolute Gasteiger partial charge is 0.272 e. The molecule has 0 radical (unpaired) electrons. The van der Waals surface area contributed by atoms with Crippen molar-refractivity contribution in [2.75, 3.05) is 122 Å². The van der Waals surface area contributed by atoms with Crippen LogP contribution in [0.25, 0.3) is 21.5 Å². The van der Waals surface area contributed by atoms with Crippen molar-refractivity contribution >= 4 is 85.0 Å². The molecule has 2 aromatic heterocycles. The van der Waals surface area contributed by atoms with Crippen molar-refractivity contribution in [2.24, 2.45) is 21.8 Å². The van der Waals surface area contributed by atoms with Gasteiger partial charge in [-0.2, -0.15) is 10.2 Å². The van der Waals surface area contributed by atoms with E-state index in [4.69, 9.17) is 9.98 Å². The molecular weight excluding hydrogens is 1770 g/mol. The highest BCUT2D eigenvalue weighted by Crippen LogP contribution is 2.52. The summed E-state index contributed by atoms with van der Waals surface area (Å²) in [6.45, 7) is 12.9. The maximum atomic E-state index is 13.4. The number of benzene rings is 12. The molecule has 8 aliphatic heterocycles. The first-order valence-corrected chi connectivity index (χ1v) is 49.7. The van der Waals surface area contributed by atoms with Gasteiger partial charge in [-0.15, -0.1) is 0 Å². The first-order chi connectivity index (χ1) is 69.3. The molecule has 716 valence electrons. The number of hydrogen-bond acceptors (Lipinski definition) is 19. The van der Waals surface area contributed by atoms with E-state index in [0.29, 0.717) is 48.4 Å². The van der Waals surface area contributed by atoms with Gasteiger partial charge in [-0.25, -0.2) is 10.2 Å². The van der Waals surface area contributed by atoms with Crippen molar-refractivity contribution < 1.29 is 24.0 Å². The largest absolute Gasteiger partial charge is 0.377 e. The van der Waals surface area contributed by atoms with Gasteiger partial charge in [-0.05, 0) is 176 Å². The lowest BCUT2D eigenvalue weighted by Crippen LogP contribution is -2.51. The second-order valence-corrected chi connectivity index (χ2v) is 39.5. The third kappa shape index (κ3) is 19.1. The van der Waals surface area contributed by atoms with Crippen molar-refractivity contribution in [3.63, 3.8) is 0 Å². The molecular formula is C118H117N17O7. The number of anilines is 4. The number of carbonyl (C=O) groups excluding carboxylic acids is 5. The van der Waals surface area contributed by atoms with Crippen molar-refractivity contribution in [1.82, 2.24) is 55.1 Å². The van der Waals surface area contributed by atoms with E-state index in [0.717, 1.165) is 173 Å². The summed E-state index contributed by atoms with van der Waals surface area (Å²) < 4.78 is 0. The van der Waals surface area contributed by atoms with Crippen molar-refractivity contribution in [1.29, 1.82) is 0 Å². The lowest BCUT2D eigenvalue weighted by atomic mass is 9.75. The normalized spacial score (nSPS) is 20.0. The monoisotopic (exact) mass is 1880 g/mol. The van der Waals surface area contributed by atoms with E-state index in [1.165, 1.54) is 55.6 Å². The van der Waals surface area contributed by atoms with Crippen LogP contribution in [0.4, 0.5) is 22.7 Å². The number of nitrogens with zero attached hydrogens (tertiary/aromatic N) is 10. The number of H-pyrrole nitrogens is 2. The van der Waals surface area contributed by atoms with E-state index < -0.39 is 0 Å². The molecule has 4 fully saturated rings. The molecule has 3 amide bonds. The fourth-order valence-corrected chi connectivity index (χ4v) is 22.2. The highest BCUT2D eigenvalue weighted by atomic mass is 16.2. The van der Waals surface area contributed by atoms with Crippen molar-refractivity contribution in [3.05, 3.63) is 424 Å². The number of ketones is 2. The summed E-state index contributed by atoms with van der Waals surface area (Å²) in [5.74, 6) is 0.996. The first-order valence-electron chi connectivity index (χ1n) is 49.7. The fourth-order valence-electron chi connectivity index (χ4n) is 22.2. The van der Waals surface area contributed by atoms with E-state index in [1.54, 1.807) is 0 Å². The standard InChI is InChI=1S/C34H36N6O3.C34H34N4O2.C26H25N3O.C24H22N4O/c1-38(2)20-21-6-8-23(9-7-21)30-28(31-29-26(32(41)37-36-31)4-3-5-27(29)35-30)22-10-12-24(13-11-22)33(42)39-16-18-40(19-17-39)34(43)25-14-15-25;1-22(37-15-17-38(18-16-37)34(40)25-13-14-25)19-23-7-5-10-26(20-23)30-32(24-8-3-2-4-9-24)36-28-12-6-11-27-29(39)21-35-33(30)31(27)28;1-29(2)16-17-8-6-11-19(14-17)23-25(18-9-4-3-5-10-18)28-21-13-7-12-20-22(30)15-27-26(23)24(20)21;1-25-14-15-7-5-10-17(13-15)22-20(16-8-3-2-4-9-16)23-21-18(24(29)28-27-23)11-6-12-19(21)26-22/h3-13,25,28,30,35H,14-20H2,1-2H3,(H,37,41);2-12,20,25,30,32,36H,1,13-19,21H2;3-14,23,25,28H,15-16H2,1-2H3;2-13,20,22,25-26H,14H2,1H3,(H,28,29). The van der Waals surface area contributed by atoms with Crippen molar-refractivity contribution in [3.8, 4) is 0 Å². The van der Waals surface area contributed by atoms with Crippen LogP contribution in [0.3, 0.4) is 0 Å². The number of aromatic amines is 2. The van der Waals surface area contributed by atoms with E-state index in [1.807, 2.05) is 137 Å². The minimum absolute atomic E-state index is 0.00529. The van der Waals surface area contributed by atoms with Gasteiger partial charge in [-0.3, -0.25) is 43.5 Å². The highest BCUT2D eigenvalue weighted by Gasteiger charge is 2.45. The van der Waals surface area contributed by atoms with Gasteiger partial charge in [0.05, 0.1) is 81.4 Å². The molecule has 8 unspecified atom stereocenters. The Kier molecular flexibility index (Phi) is 26.5. The molecule has 24 nitrogen and oxygen atoms in total. The summed E-state index contributed by atoms with van der Waals surface area (Å²) in [7, 11) is 10.2. The number of allylic oxidation sites excluding steroid dienone is 1. The van der Waals surface area contributed by atoms with E-state index >= 15 is 0 Å². The number of piperazine rings is 2.